The summed E-state index contributed by atoms with van der Waals surface area (Å²) in [7, 11) is 1.70. The van der Waals surface area contributed by atoms with E-state index in [9.17, 15) is 4.79 Å². The van der Waals surface area contributed by atoms with Gasteiger partial charge in [0, 0.05) is 30.2 Å². The molecule has 1 aromatic rings. The summed E-state index contributed by atoms with van der Waals surface area (Å²) in [6.45, 7) is 3.44. The van der Waals surface area contributed by atoms with Crippen LogP contribution in [-0.2, 0) is 4.74 Å². The fourth-order valence-corrected chi connectivity index (χ4v) is 2.46. The molecule has 1 aliphatic heterocycles. The molecule has 3 nitrogen and oxygen atoms in total. The number of aryl methyl sites for hydroxylation is 1. The van der Waals surface area contributed by atoms with Crippen LogP contribution in [0.15, 0.2) is 22.7 Å². The number of amides is 1. The van der Waals surface area contributed by atoms with Gasteiger partial charge >= 0.3 is 0 Å². The van der Waals surface area contributed by atoms with Crippen LogP contribution in [-0.4, -0.2) is 37.1 Å². The van der Waals surface area contributed by atoms with Gasteiger partial charge in [-0.05, 0) is 31.0 Å². The predicted molar refractivity (Wildman–Crippen MR) is 70.2 cm³/mol. The number of ether oxygens (including phenoxy) is 1. The summed E-state index contributed by atoms with van der Waals surface area (Å²) < 4.78 is 6.22. The van der Waals surface area contributed by atoms with Crippen LogP contribution in [0.5, 0.6) is 0 Å². The van der Waals surface area contributed by atoms with Crippen LogP contribution >= 0.6 is 15.9 Å². The standard InChI is InChI=1S/C13H16BrNO2/c1-9-3-4-10(14)7-12(9)13(16)15-6-5-11(8-15)17-2/h3-4,7,11H,5-6,8H2,1-2H3. The number of rotatable bonds is 2. The van der Waals surface area contributed by atoms with Crippen LogP contribution in [0.2, 0.25) is 0 Å². The molecule has 1 amide bonds. The third-order valence-corrected chi connectivity index (χ3v) is 3.69. The number of carbonyl (C=O) groups is 1. The minimum atomic E-state index is 0.100. The Hall–Kier alpha value is -0.870. The van der Waals surface area contributed by atoms with Crippen molar-refractivity contribution in [3.63, 3.8) is 0 Å². The van der Waals surface area contributed by atoms with Gasteiger partial charge in [-0.3, -0.25) is 4.79 Å². The number of likely N-dealkylation sites (tertiary alicyclic amines) is 1. The fraction of sp³-hybridized carbons (Fsp3) is 0.462. The number of halogens is 1. The quantitative estimate of drug-likeness (QED) is 0.840. The van der Waals surface area contributed by atoms with E-state index in [2.05, 4.69) is 15.9 Å². The Morgan fingerprint density at radius 1 is 1.53 bits per heavy atom. The maximum absolute atomic E-state index is 12.3. The van der Waals surface area contributed by atoms with E-state index in [1.165, 1.54) is 0 Å². The number of hydrogen-bond acceptors (Lipinski definition) is 2. The first kappa shape index (κ1) is 12.6. The number of methoxy groups -OCH3 is 1. The molecule has 0 bridgehead atoms. The summed E-state index contributed by atoms with van der Waals surface area (Å²) in [5.41, 5.74) is 1.79. The van der Waals surface area contributed by atoms with Gasteiger partial charge in [0.2, 0.25) is 0 Å². The first-order valence-corrected chi connectivity index (χ1v) is 6.49. The van der Waals surface area contributed by atoms with Crippen molar-refractivity contribution in [3.8, 4) is 0 Å². The molecule has 1 heterocycles. The van der Waals surface area contributed by atoms with Crippen LogP contribution in [0, 0.1) is 6.92 Å². The molecule has 2 rings (SSSR count). The van der Waals surface area contributed by atoms with Gasteiger partial charge in [-0.15, -0.1) is 0 Å². The molecule has 1 atom stereocenters. The van der Waals surface area contributed by atoms with Gasteiger partial charge in [0.1, 0.15) is 0 Å². The lowest BCUT2D eigenvalue weighted by Gasteiger charge is -2.17. The maximum atomic E-state index is 12.3. The zero-order valence-corrected chi connectivity index (χ0v) is 11.7. The van der Waals surface area contributed by atoms with Gasteiger partial charge in [0.25, 0.3) is 5.91 Å². The van der Waals surface area contributed by atoms with E-state index < -0.39 is 0 Å². The Morgan fingerprint density at radius 3 is 2.94 bits per heavy atom. The monoisotopic (exact) mass is 297 g/mol. The molecular weight excluding hydrogens is 282 g/mol. The second-order valence-electron chi connectivity index (χ2n) is 4.36. The van der Waals surface area contributed by atoms with Gasteiger partial charge in [-0.25, -0.2) is 0 Å². The van der Waals surface area contributed by atoms with Crippen LogP contribution in [0.1, 0.15) is 22.3 Å². The van der Waals surface area contributed by atoms with E-state index in [4.69, 9.17) is 4.74 Å². The molecular formula is C13H16BrNO2. The maximum Gasteiger partial charge on any atom is 0.254 e. The molecule has 1 aliphatic rings. The Bertz CT molecular complexity index is 433. The first-order chi connectivity index (χ1) is 8.11. The Labute approximate surface area is 110 Å². The van der Waals surface area contributed by atoms with Crippen LogP contribution in [0.25, 0.3) is 0 Å². The van der Waals surface area contributed by atoms with Gasteiger partial charge in [-0.2, -0.15) is 0 Å². The summed E-state index contributed by atoms with van der Waals surface area (Å²) in [5.74, 6) is 0.100. The van der Waals surface area contributed by atoms with Gasteiger partial charge in [-0.1, -0.05) is 22.0 Å². The third kappa shape index (κ3) is 2.69. The second kappa shape index (κ2) is 5.19. The lowest BCUT2D eigenvalue weighted by atomic mass is 10.1. The van der Waals surface area contributed by atoms with Gasteiger partial charge in [0.05, 0.1) is 6.10 Å². The second-order valence-corrected chi connectivity index (χ2v) is 5.27. The van der Waals surface area contributed by atoms with Crippen molar-refractivity contribution in [2.45, 2.75) is 19.4 Å². The van der Waals surface area contributed by atoms with Crippen molar-refractivity contribution in [2.24, 2.45) is 0 Å². The fourth-order valence-electron chi connectivity index (χ4n) is 2.10. The van der Waals surface area contributed by atoms with Crippen molar-refractivity contribution in [1.29, 1.82) is 0 Å². The largest absolute Gasteiger partial charge is 0.380 e. The van der Waals surface area contributed by atoms with Crippen molar-refractivity contribution < 1.29 is 9.53 Å². The van der Waals surface area contributed by atoms with E-state index in [0.717, 1.165) is 28.6 Å². The molecule has 0 aromatic heterocycles. The van der Waals surface area contributed by atoms with Crippen molar-refractivity contribution in [2.75, 3.05) is 20.2 Å². The highest BCUT2D eigenvalue weighted by Gasteiger charge is 2.27. The van der Waals surface area contributed by atoms with Gasteiger partial charge < -0.3 is 9.64 Å². The van der Waals surface area contributed by atoms with E-state index in [0.29, 0.717) is 6.54 Å². The summed E-state index contributed by atoms with van der Waals surface area (Å²) in [6.07, 6.45) is 1.11. The topological polar surface area (TPSA) is 29.5 Å². The molecule has 0 spiro atoms. The predicted octanol–water partition coefficient (Wildman–Crippen LogP) is 2.62. The normalized spacial score (nSPS) is 19.7. The number of carbonyl (C=O) groups excluding carboxylic acids is 1. The van der Waals surface area contributed by atoms with Crippen molar-refractivity contribution in [3.05, 3.63) is 33.8 Å². The molecule has 1 aromatic carbocycles. The summed E-state index contributed by atoms with van der Waals surface area (Å²) in [4.78, 5) is 14.2. The molecule has 17 heavy (non-hydrogen) atoms. The lowest BCUT2D eigenvalue weighted by molar-refractivity contribution is 0.0723. The lowest BCUT2D eigenvalue weighted by Crippen LogP contribution is -2.30. The molecule has 1 fully saturated rings. The van der Waals surface area contributed by atoms with E-state index in [1.54, 1.807) is 7.11 Å². The highest BCUT2D eigenvalue weighted by atomic mass is 79.9. The van der Waals surface area contributed by atoms with E-state index >= 15 is 0 Å². The average molecular weight is 298 g/mol. The molecule has 0 radical (unpaired) electrons. The Balaban J connectivity index is 2.17. The SMILES string of the molecule is COC1CCN(C(=O)c2cc(Br)ccc2C)C1. The molecule has 0 saturated carbocycles. The summed E-state index contributed by atoms with van der Waals surface area (Å²) in [5, 5.41) is 0. The minimum absolute atomic E-state index is 0.100. The van der Waals surface area contributed by atoms with Crippen LogP contribution in [0.3, 0.4) is 0 Å². The number of nitrogens with zero attached hydrogens (tertiary/aromatic N) is 1. The van der Waals surface area contributed by atoms with Gasteiger partial charge in [0.15, 0.2) is 0 Å². The average Bonchev–Trinajstić information content (AvgIpc) is 2.80. The van der Waals surface area contributed by atoms with E-state index in [1.807, 2.05) is 30.0 Å². The molecule has 1 unspecified atom stereocenters. The molecule has 92 valence electrons. The Kier molecular flexibility index (Phi) is 3.84. The smallest absolute Gasteiger partial charge is 0.254 e. The minimum Gasteiger partial charge on any atom is -0.380 e. The third-order valence-electron chi connectivity index (χ3n) is 3.20. The molecule has 4 heteroatoms. The Morgan fingerprint density at radius 2 is 2.29 bits per heavy atom. The zero-order valence-electron chi connectivity index (χ0n) is 10.1. The summed E-state index contributed by atoms with van der Waals surface area (Å²) in [6, 6.07) is 5.80. The van der Waals surface area contributed by atoms with Crippen molar-refractivity contribution >= 4 is 21.8 Å². The number of benzene rings is 1. The first-order valence-electron chi connectivity index (χ1n) is 5.70. The number of hydrogen-bond donors (Lipinski definition) is 0. The molecule has 0 N–H and O–H groups in total. The molecule has 1 saturated heterocycles. The zero-order chi connectivity index (χ0) is 12.4. The highest BCUT2D eigenvalue weighted by molar-refractivity contribution is 9.10. The highest BCUT2D eigenvalue weighted by Crippen LogP contribution is 2.20. The van der Waals surface area contributed by atoms with Crippen LogP contribution < -0.4 is 0 Å². The van der Waals surface area contributed by atoms with Crippen LogP contribution in [0.4, 0.5) is 0 Å². The van der Waals surface area contributed by atoms with Crippen molar-refractivity contribution in [1.82, 2.24) is 4.90 Å². The summed E-state index contributed by atoms with van der Waals surface area (Å²) >= 11 is 3.40. The van der Waals surface area contributed by atoms with E-state index in [-0.39, 0.29) is 12.0 Å². The molecule has 0 aliphatic carbocycles.